The van der Waals surface area contributed by atoms with Crippen LogP contribution in [-0.2, 0) is 35.5 Å². The molecule has 1 aliphatic carbocycles. The van der Waals surface area contributed by atoms with Crippen molar-refractivity contribution in [1.82, 2.24) is 0 Å². The van der Waals surface area contributed by atoms with Crippen molar-refractivity contribution in [3.63, 3.8) is 0 Å². The summed E-state index contributed by atoms with van der Waals surface area (Å²) in [6, 6.07) is 5.55. The minimum Gasteiger partial charge on any atom is -0.467 e. The molecule has 2 aliphatic rings. The second kappa shape index (κ2) is 6.15. The van der Waals surface area contributed by atoms with Gasteiger partial charge in [-0.05, 0) is 43.0 Å². The highest BCUT2D eigenvalue weighted by Gasteiger charge is 2.21. The van der Waals surface area contributed by atoms with E-state index < -0.39 is 0 Å². The fourth-order valence-electron chi connectivity index (χ4n) is 3.01. The molecule has 0 bridgehead atoms. The van der Waals surface area contributed by atoms with Crippen LogP contribution in [0.15, 0.2) is 18.2 Å². The largest absolute Gasteiger partial charge is 0.467 e. The minimum absolute atomic E-state index is 0.143. The van der Waals surface area contributed by atoms with Crippen molar-refractivity contribution in [2.75, 3.05) is 6.79 Å². The van der Waals surface area contributed by atoms with Gasteiger partial charge in [0.05, 0.1) is 6.61 Å². The second-order valence-electron chi connectivity index (χ2n) is 5.65. The quantitative estimate of drug-likeness (QED) is 0.781. The fourth-order valence-corrected chi connectivity index (χ4v) is 4.42. The van der Waals surface area contributed by atoms with E-state index >= 15 is 0 Å². The summed E-state index contributed by atoms with van der Waals surface area (Å²) in [4.78, 5) is 14.3. The zero-order valence-corrected chi connectivity index (χ0v) is 14.0. The topological polar surface area (TPSA) is 44.8 Å². The Balaban J connectivity index is 1.50. The van der Waals surface area contributed by atoms with Crippen molar-refractivity contribution < 1.29 is 19.0 Å². The van der Waals surface area contributed by atoms with Crippen molar-refractivity contribution in [1.29, 1.82) is 0 Å². The van der Waals surface area contributed by atoms with Gasteiger partial charge in [-0.3, -0.25) is 0 Å². The third kappa shape index (κ3) is 2.96. The standard InChI is InChI=1S/C17H15ClO4S/c18-13-4-11-7-20-9-22-16(11)12(5-13)8-21-17(19)15-6-10-2-1-3-14(10)23-15/h4-6H,1-3,7-9H2. The number of fused-ring (bicyclic) bond motifs is 2. The van der Waals surface area contributed by atoms with Gasteiger partial charge < -0.3 is 14.2 Å². The van der Waals surface area contributed by atoms with E-state index in [4.69, 9.17) is 25.8 Å². The molecule has 1 aromatic carbocycles. The Kier molecular flexibility index (Phi) is 4.01. The van der Waals surface area contributed by atoms with E-state index in [0.29, 0.717) is 22.3 Å². The summed E-state index contributed by atoms with van der Waals surface area (Å²) in [6.45, 7) is 0.798. The van der Waals surface area contributed by atoms with Crippen LogP contribution in [-0.4, -0.2) is 12.8 Å². The molecule has 4 nitrogen and oxygen atoms in total. The summed E-state index contributed by atoms with van der Waals surface area (Å²) in [5, 5.41) is 0.582. The average Bonchev–Trinajstić information content (AvgIpc) is 3.13. The first-order valence-corrected chi connectivity index (χ1v) is 8.71. The van der Waals surface area contributed by atoms with Crippen LogP contribution < -0.4 is 4.74 Å². The summed E-state index contributed by atoms with van der Waals surface area (Å²) in [7, 11) is 0. The highest BCUT2D eigenvalue weighted by molar-refractivity contribution is 7.14. The molecule has 0 atom stereocenters. The number of aryl methyl sites for hydroxylation is 2. The van der Waals surface area contributed by atoms with Gasteiger partial charge in [0.2, 0.25) is 0 Å². The fraction of sp³-hybridized carbons (Fsp3) is 0.353. The number of benzene rings is 1. The molecule has 6 heteroatoms. The van der Waals surface area contributed by atoms with Crippen molar-refractivity contribution in [3.8, 4) is 5.75 Å². The summed E-state index contributed by atoms with van der Waals surface area (Å²) < 4.78 is 16.2. The molecule has 2 aromatic rings. The van der Waals surface area contributed by atoms with Crippen molar-refractivity contribution in [3.05, 3.63) is 49.7 Å². The number of halogens is 1. The smallest absolute Gasteiger partial charge is 0.348 e. The molecule has 0 saturated heterocycles. The monoisotopic (exact) mass is 350 g/mol. The lowest BCUT2D eigenvalue weighted by molar-refractivity contribution is -0.0180. The van der Waals surface area contributed by atoms with E-state index in [-0.39, 0.29) is 19.4 Å². The molecule has 0 amide bonds. The van der Waals surface area contributed by atoms with Gasteiger partial charge in [0.15, 0.2) is 6.79 Å². The summed E-state index contributed by atoms with van der Waals surface area (Å²) in [6.07, 6.45) is 3.32. The van der Waals surface area contributed by atoms with Gasteiger partial charge in [-0.2, -0.15) is 0 Å². The molecule has 0 radical (unpaired) electrons. The van der Waals surface area contributed by atoms with Crippen molar-refractivity contribution in [2.45, 2.75) is 32.5 Å². The molecule has 0 N–H and O–H groups in total. The van der Waals surface area contributed by atoms with Gasteiger partial charge in [0.1, 0.15) is 17.2 Å². The maximum atomic E-state index is 12.3. The first-order valence-electron chi connectivity index (χ1n) is 7.51. The van der Waals surface area contributed by atoms with Gasteiger partial charge in [-0.25, -0.2) is 4.79 Å². The lowest BCUT2D eigenvalue weighted by atomic mass is 10.1. The molecule has 0 saturated carbocycles. The van der Waals surface area contributed by atoms with Gasteiger partial charge in [0, 0.05) is 21.0 Å². The van der Waals surface area contributed by atoms with Crippen LogP contribution in [0.2, 0.25) is 5.02 Å². The number of hydrogen-bond acceptors (Lipinski definition) is 5. The van der Waals surface area contributed by atoms with Crippen LogP contribution in [0.4, 0.5) is 0 Å². The van der Waals surface area contributed by atoms with E-state index in [9.17, 15) is 4.79 Å². The van der Waals surface area contributed by atoms with Crippen LogP contribution in [0.3, 0.4) is 0 Å². The SMILES string of the molecule is O=C(OCc1cc(Cl)cc2c1OCOC2)c1cc2c(s1)CCC2. The number of esters is 1. The average molecular weight is 351 g/mol. The first-order chi connectivity index (χ1) is 11.2. The van der Waals surface area contributed by atoms with Gasteiger partial charge in [0.25, 0.3) is 0 Å². The molecule has 0 unspecified atom stereocenters. The third-order valence-electron chi connectivity index (χ3n) is 4.06. The Bertz CT molecular complexity index is 747. The Labute approximate surface area is 142 Å². The zero-order valence-electron chi connectivity index (χ0n) is 12.4. The highest BCUT2D eigenvalue weighted by Crippen LogP contribution is 2.33. The molecule has 4 rings (SSSR count). The number of carbonyl (C=O) groups is 1. The van der Waals surface area contributed by atoms with E-state index in [1.54, 1.807) is 17.4 Å². The summed E-state index contributed by atoms with van der Waals surface area (Å²) in [5.74, 6) is 0.423. The van der Waals surface area contributed by atoms with Crippen LogP contribution in [0.1, 0.15) is 37.7 Å². The van der Waals surface area contributed by atoms with Crippen LogP contribution in [0.5, 0.6) is 5.75 Å². The van der Waals surface area contributed by atoms with E-state index in [1.807, 2.05) is 12.1 Å². The Morgan fingerprint density at radius 1 is 1.26 bits per heavy atom. The maximum Gasteiger partial charge on any atom is 0.348 e. The molecular weight excluding hydrogens is 336 g/mol. The summed E-state index contributed by atoms with van der Waals surface area (Å²) >= 11 is 7.66. The number of carbonyl (C=O) groups excluding carboxylic acids is 1. The predicted octanol–water partition coefficient (Wildman–Crippen LogP) is 4.11. The molecule has 0 fully saturated rings. The zero-order chi connectivity index (χ0) is 15.8. The molecule has 120 valence electrons. The molecule has 0 spiro atoms. The van der Waals surface area contributed by atoms with Gasteiger partial charge in [-0.15, -0.1) is 11.3 Å². The minimum atomic E-state index is -0.287. The maximum absolute atomic E-state index is 12.3. The normalized spacial score (nSPS) is 15.7. The van der Waals surface area contributed by atoms with Crippen LogP contribution in [0.25, 0.3) is 0 Å². The van der Waals surface area contributed by atoms with Crippen molar-refractivity contribution >= 4 is 28.9 Å². The molecule has 1 aromatic heterocycles. The third-order valence-corrected chi connectivity index (χ3v) is 5.49. The Morgan fingerprint density at radius 2 is 2.17 bits per heavy atom. The molecule has 2 heterocycles. The van der Waals surface area contributed by atoms with Crippen molar-refractivity contribution in [2.24, 2.45) is 0 Å². The molecule has 23 heavy (non-hydrogen) atoms. The summed E-state index contributed by atoms with van der Waals surface area (Å²) in [5.41, 5.74) is 2.95. The van der Waals surface area contributed by atoms with E-state index in [0.717, 1.165) is 24.0 Å². The molecular formula is C17H15ClO4S. The van der Waals surface area contributed by atoms with E-state index in [2.05, 4.69) is 0 Å². The first kappa shape index (κ1) is 15.0. The van der Waals surface area contributed by atoms with Crippen LogP contribution in [0, 0.1) is 0 Å². The number of rotatable bonds is 3. The van der Waals surface area contributed by atoms with E-state index in [1.165, 1.54) is 16.9 Å². The molecule has 1 aliphatic heterocycles. The lowest BCUT2D eigenvalue weighted by Crippen LogP contribution is -2.14. The number of hydrogen-bond donors (Lipinski definition) is 0. The number of ether oxygens (including phenoxy) is 3. The second-order valence-corrected chi connectivity index (χ2v) is 7.23. The lowest BCUT2D eigenvalue weighted by Gasteiger charge is -2.21. The predicted molar refractivity (Wildman–Crippen MR) is 87.2 cm³/mol. The van der Waals surface area contributed by atoms with Gasteiger partial charge in [-0.1, -0.05) is 11.6 Å². The Morgan fingerprint density at radius 3 is 3.04 bits per heavy atom. The number of thiophene rings is 1. The van der Waals surface area contributed by atoms with Crippen LogP contribution >= 0.6 is 22.9 Å². The van der Waals surface area contributed by atoms with Gasteiger partial charge >= 0.3 is 5.97 Å². The Hall–Kier alpha value is -1.56. The highest BCUT2D eigenvalue weighted by atomic mass is 35.5.